The van der Waals surface area contributed by atoms with Crippen LogP contribution in [0.15, 0.2) is 53.4 Å². The van der Waals surface area contributed by atoms with Gasteiger partial charge in [-0.25, -0.2) is 13.1 Å². The standard InChI is InChI=1S/C20H23Cl2N3O3S/c21-17-4-1-3-16(13-17)15-24-9-11-25(12-10-24)20(26)7-8-23-29(27,28)19-6-2-5-18(22)14-19/h1-6,13-14,23H,7-12,15H2. The maximum Gasteiger partial charge on any atom is 0.240 e. The van der Waals surface area contributed by atoms with Crippen LogP contribution in [0.25, 0.3) is 0 Å². The second kappa shape index (κ2) is 9.91. The number of amides is 1. The van der Waals surface area contributed by atoms with Gasteiger partial charge < -0.3 is 4.90 Å². The van der Waals surface area contributed by atoms with E-state index in [4.69, 9.17) is 23.2 Å². The van der Waals surface area contributed by atoms with Gasteiger partial charge in [0.2, 0.25) is 15.9 Å². The summed E-state index contributed by atoms with van der Waals surface area (Å²) in [6.07, 6.45) is 0.119. The van der Waals surface area contributed by atoms with Crippen molar-refractivity contribution in [3.63, 3.8) is 0 Å². The van der Waals surface area contributed by atoms with Crippen molar-refractivity contribution in [2.75, 3.05) is 32.7 Å². The van der Waals surface area contributed by atoms with Crippen LogP contribution in [0.5, 0.6) is 0 Å². The topological polar surface area (TPSA) is 69.7 Å². The van der Waals surface area contributed by atoms with Crippen LogP contribution in [0.3, 0.4) is 0 Å². The zero-order valence-electron chi connectivity index (χ0n) is 15.9. The van der Waals surface area contributed by atoms with E-state index < -0.39 is 10.0 Å². The van der Waals surface area contributed by atoms with E-state index in [9.17, 15) is 13.2 Å². The molecule has 1 aliphatic heterocycles. The number of carbonyl (C=O) groups excluding carboxylic acids is 1. The lowest BCUT2D eigenvalue weighted by molar-refractivity contribution is -0.132. The monoisotopic (exact) mass is 455 g/mol. The van der Waals surface area contributed by atoms with E-state index in [2.05, 4.69) is 9.62 Å². The number of hydrogen-bond acceptors (Lipinski definition) is 4. The molecule has 0 radical (unpaired) electrons. The molecule has 0 spiro atoms. The lowest BCUT2D eigenvalue weighted by atomic mass is 10.2. The van der Waals surface area contributed by atoms with E-state index in [0.29, 0.717) is 18.1 Å². The molecule has 9 heteroatoms. The second-order valence-electron chi connectivity index (χ2n) is 6.89. The molecule has 1 saturated heterocycles. The summed E-state index contributed by atoms with van der Waals surface area (Å²) < 4.78 is 27.0. The quantitative estimate of drug-likeness (QED) is 0.696. The number of halogens is 2. The van der Waals surface area contributed by atoms with Crippen LogP contribution >= 0.6 is 23.2 Å². The average Bonchev–Trinajstić information content (AvgIpc) is 2.68. The van der Waals surface area contributed by atoms with Gasteiger partial charge in [-0.3, -0.25) is 9.69 Å². The van der Waals surface area contributed by atoms with Gasteiger partial charge in [0.1, 0.15) is 0 Å². The van der Waals surface area contributed by atoms with E-state index in [0.717, 1.165) is 30.2 Å². The van der Waals surface area contributed by atoms with E-state index in [1.54, 1.807) is 17.0 Å². The fraction of sp³-hybridized carbons (Fsp3) is 0.350. The maximum atomic E-state index is 12.4. The van der Waals surface area contributed by atoms with E-state index >= 15 is 0 Å². The van der Waals surface area contributed by atoms with E-state index in [1.165, 1.54) is 12.1 Å². The molecule has 2 aromatic carbocycles. The number of carbonyl (C=O) groups is 1. The van der Waals surface area contributed by atoms with Crippen molar-refractivity contribution < 1.29 is 13.2 Å². The van der Waals surface area contributed by atoms with Crippen LogP contribution in [-0.4, -0.2) is 56.8 Å². The van der Waals surface area contributed by atoms with Crippen molar-refractivity contribution in [1.29, 1.82) is 0 Å². The SMILES string of the molecule is O=C(CCNS(=O)(=O)c1cccc(Cl)c1)N1CCN(Cc2cccc(Cl)c2)CC1. The first-order chi connectivity index (χ1) is 13.8. The highest BCUT2D eigenvalue weighted by molar-refractivity contribution is 7.89. The van der Waals surface area contributed by atoms with Gasteiger partial charge >= 0.3 is 0 Å². The van der Waals surface area contributed by atoms with Gasteiger partial charge in [-0.1, -0.05) is 41.4 Å². The summed E-state index contributed by atoms with van der Waals surface area (Å²) in [5.74, 6) is -0.0544. The number of rotatable bonds is 7. The molecule has 6 nitrogen and oxygen atoms in total. The Labute approximate surface area is 181 Å². The molecular weight excluding hydrogens is 433 g/mol. The van der Waals surface area contributed by atoms with Crippen LogP contribution in [0.4, 0.5) is 0 Å². The molecule has 1 N–H and O–H groups in total. The molecule has 1 heterocycles. The minimum absolute atomic E-state index is 0.0520. The van der Waals surface area contributed by atoms with Crippen LogP contribution in [0, 0.1) is 0 Å². The maximum absolute atomic E-state index is 12.4. The van der Waals surface area contributed by atoms with Crippen molar-refractivity contribution in [3.8, 4) is 0 Å². The molecule has 0 aromatic heterocycles. The Morgan fingerprint density at radius 3 is 2.28 bits per heavy atom. The third-order valence-electron chi connectivity index (χ3n) is 4.76. The summed E-state index contributed by atoms with van der Waals surface area (Å²) in [6.45, 7) is 3.64. The number of benzene rings is 2. The van der Waals surface area contributed by atoms with Crippen molar-refractivity contribution in [3.05, 3.63) is 64.1 Å². The summed E-state index contributed by atoms with van der Waals surface area (Å²) in [4.78, 5) is 16.6. The molecule has 0 atom stereocenters. The van der Waals surface area contributed by atoms with Crippen LogP contribution in [0.1, 0.15) is 12.0 Å². The first-order valence-electron chi connectivity index (χ1n) is 9.33. The molecule has 0 unspecified atom stereocenters. The fourth-order valence-electron chi connectivity index (χ4n) is 3.22. The molecule has 1 amide bonds. The third-order valence-corrected chi connectivity index (χ3v) is 6.69. The Kier molecular flexibility index (Phi) is 7.54. The zero-order valence-corrected chi connectivity index (χ0v) is 18.2. The van der Waals surface area contributed by atoms with Gasteiger partial charge in [-0.05, 0) is 35.9 Å². The molecular formula is C20H23Cl2N3O3S. The first-order valence-corrected chi connectivity index (χ1v) is 11.6. The predicted octanol–water partition coefficient (Wildman–Crippen LogP) is 3.01. The van der Waals surface area contributed by atoms with Gasteiger partial charge in [-0.2, -0.15) is 0 Å². The Morgan fingerprint density at radius 1 is 0.966 bits per heavy atom. The molecule has 0 saturated carbocycles. The minimum atomic E-state index is -3.68. The summed E-state index contributed by atoms with van der Waals surface area (Å²) in [7, 11) is -3.68. The average molecular weight is 456 g/mol. The largest absolute Gasteiger partial charge is 0.340 e. The molecule has 0 bridgehead atoms. The number of hydrogen-bond donors (Lipinski definition) is 1. The number of nitrogens with zero attached hydrogens (tertiary/aromatic N) is 2. The third kappa shape index (κ3) is 6.42. The molecule has 3 rings (SSSR count). The Bertz CT molecular complexity index is 961. The number of sulfonamides is 1. The van der Waals surface area contributed by atoms with E-state index in [-0.39, 0.29) is 23.8 Å². The number of piperazine rings is 1. The minimum Gasteiger partial charge on any atom is -0.340 e. The zero-order chi connectivity index (χ0) is 20.9. The highest BCUT2D eigenvalue weighted by atomic mass is 35.5. The molecule has 0 aliphatic carbocycles. The van der Waals surface area contributed by atoms with E-state index in [1.807, 2.05) is 24.3 Å². The highest BCUT2D eigenvalue weighted by Crippen LogP contribution is 2.16. The van der Waals surface area contributed by atoms with Gasteiger partial charge in [0.25, 0.3) is 0 Å². The van der Waals surface area contributed by atoms with Gasteiger partial charge in [0.05, 0.1) is 4.90 Å². The first kappa shape index (κ1) is 22.1. The summed E-state index contributed by atoms with van der Waals surface area (Å²) in [6, 6.07) is 13.8. The Hall–Kier alpha value is -1.64. The lowest BCUT2D eigenvalue weighted by Gasteiger charge is -2.34. The predicted molar refractivity (Wildman–Crippen MR) is 115 cm³/mol. The van der Waals surface area contributed by atoms with Crippen LogP contribution in [-0.2, 0) is 21.4 Å². The molecule has 1 fully saturated rings. The van der Waals surface area contributed by atoms with Gasteiger partial charge in [-0.15, -0.1) is 0 Å². The molecule has 156 valence electrons. The second-order valence-corrected chi connectivity index (χ2v) is 9.53. The van der Waals surface area contributed by atoms with Gasteiger partial charge in [0.15, 0.2) is 0 Å². The Morgan fingerprint density at radius 2 is 1.62 bits per heavy atom. The smallest absolute Gasteiger partial charge is 0.240 e. The lowest BCUT2D eigenvalue weighted by Crippen LogP contribution is -2.48. The summed E-state index contributed by atoms with van der Waals surface area (Å²) in [5.41, 5.74) is 1.15. The Balaban J connectivity index is 1.43. The van der Waals surface area contributed by atoms with Crippen LogP contribution in [0.2, 0.25) is 10.0 Å². The van der Waals surface area contributed by atoms with Gasteiger partial charge in [0, 0.05) is 55.7 Å². The number of nitrogens with one attached hydrogen (secondary N) is 1. The normalized spacial score (nSPS) is 15.4. The summed E-state index contributed by atoms with van der Waals surface area (Å²) in [5, 5.41) is 1.07. The summed E-state index contributed by atoms with van der Waals surface area (Å²) >= 11 is 11.9. The molecule has 29 heavy (non-hydrogen) atoms. The fourth-order valence-corrected chi connectivity index (χ4v) is 4.76. The molecule has 2 aromatic rings. The van der Waals surface area contributed by atoms with Crippen molar-refractivity contribution in [2.45, 2.75) is 17.9 Å². The van der Waals surface area contributed by atoms with Crippen molar-refractivity contribution in [2.24, 2.45) is 0 Å². The van der Waals surface area contributed by atoms with Crippen molar-refractivity contribution >= 4 is 39.1 Å². The highest BCUT2D eigenvalue weighted by Gasteiger charge is 2.22. The molecule has 1 aliphatic rings. The van der Waals surface area contributed by atoms with Crippen molar-refractivity contribution in [1.82, 2.24) is 14.5 Å². The van der Waals surface area contributed by atoms with Crippen LogP contribution < -0.4 is 4.72 Å².